The van der Waals surface area contributed by atoms with E-state index >= 15 is 0 Å². The number of halogens is 1. The summed E-state index contributed by atoms with van der Waals surface area (Å²) in [5, 5.41) is 3.78. The Labute approximate surface area is 110 Å². The summed E-state index contributed by atoms with van der Waals surface area (Å²) in [4.78, 5) is 12.3. The van der Waals surface area contributed by atoms with Crippen LogP contribution in [-0.4, -0.2) is 16.3 Å². The van der Waals surface area contributed by atoms with Gasteiger partial charge in [-0.2, -0.15) is 0 Å². The maximum Gasteiger partial charge on any atom is 0.274 e. The number of rotatable bonds is 4. The maximum absolute atomic E-state index is 12.3. The van der Waals surface area contributed by atoms with Crippen LogP contribution in [0, 0.1) is 0 Å². The van der Waals surface area contributed by atoms with Crippen molar-refractivity contribution in [3.8, 4) is 5.69 Å². The highest BCUT2D eigenvalue weighted by Gasteiger charge is 2.12. The third-order valence-electron chi connectivity index (χ3n) is 2.91. The van der Waals surface area contributed by atoms with E-state index in [-0.39, 0.29) is 5.56 Å². The molecule has 0 saturated heterocycles. The maximum atomic E-state index is 12.3. The van der Waals surface area contributed by atoms with Crippen molar-refractivity contribution in [1.29, 1.82) is 0 Å². The molecule has 0 aliphatic rings. The lowest BCUT2D eigenvalue weighted by molar-refractivity contribution is 0.819. The molecule has 0 radical (unpaired) electrons. The van der Waals surface area contributed by atoms with Crippen LogP contribution in [0.4, 0.5) is 0 Å². The van der Waals surface area contributed by atoms with Gasteiger partial charge in [0.2, 0.25) is 0 Å². The normalized spacial score (nSPS) is 10.8. The Bertz CT molecular complexity index is 583. The molecule has 0 saturated carbocycles. The lowest BCUT2D eigenvalue weighted by Gasteiger charge is -2.01. The quantitative estimate of drug-likeness (QED) is 0.887. The average Bonchev–Trinajstić information content (AvgIpc) is 2.69. The Morgan fingerprint density at radius 2 is 2.00 bits per heavy atom. The molecule has 96 valence electrons. The monoisotopic (exact) mass is 265 g/mol. The summed E-state index contributed by atoms with van der Waals surface area (Å²) in [5.74, 6) is 0. The van der Waals surface area contributed by atoms with Gasteiger partial charge in [0, 0.05) is 16.3 Å². The molecular formula is C13H16ClN3O. The largest absolute Gasteiger partial charge is 0.330 e. The van der Waals surface area contributed by atoms with E-state index in [1.54, 1.807) is 16.8 Å². The van der Waals surface area contributed by atoms with Gasteiger partial charge in [0.15, 0.2) is 0 Å². The number of nitrogens with zero attached hydrogens (tertiary/aromatic N) is 1. The molecule has 2 aromatic rings. The molecule has 0 unspecified atom stereocenters. The molecule has 0 bridgehead atoms. The Morgan fingerprint density at radius 3 is 2.56 bits per heavy atom. The molecule has 0 amide bonds. The molecule has 0 spiro atoms. The van der Waals surface area contributed by atoms with Crippen LogP contribution in [0.25, 0.3) is 5.69 Å². The van der Waals surface area contributed by atoms with Crippen molar-refractivity contribution in [3.05, 3.63) is 50.9 Å². The number of hydrogen-bond donors (Lipinski definition) is 2. The minimum absolute atomic E-state index is 0.0281. The SMILES string of the molecule is CCc1[nH]n(-c2ccc(Cl)cc2)c(=O)c1CCN. The molecule has 1 aromatic heterocycles. The molecule has 0 aliphatic heterocycles. The fourth-order valence-electron chi connectivity index (χ4n) is 1.98. The first-order valence-electron chi connectivity index (χ1n) is 5.96. The first-order chi connectivity index (χ1) is 8.67. The smallest absolute Gasteiger partial charge is 0.274 e. The Kier molecular flexibility index (Phi) is 3.89. The highest BCUT2D eigenvalue weighted by atomic mass is 35.5. The molecule has 1 heterocycles. The molecule has 4 nitrogen and oxygen atoms in total. The van der Waals surface area contributed by atoms with Crippen molar-refractivity contribution in [3.63, 3.8) is 0 Å². The van der Waals surface area contributed by atoms with Gasteiger partial charge in [-0.05, 0) is 43.7 Å². The van der Waals surface area contributed by atoms with Gasteiger partial charge in [-0.25, -0.2) is 4.68 Å². The van der Waals surface area contributed by atoms with Crippen molar-refractivity contribution in [2.24, 2.45) is 5.73 Å². The highest BCUT2D eigenvalue weighted by Crippen LogP contribution is 2.13. The van der Waals surface area contributed by atoms with Crippen molar-refractivity contribution in [2.45, 2.75) is 19.8 Å². The predicted octanol–water partition coefficient (Wildman–Crippen LogP) is 1.88. The van der Waals surface area contributed by atoms with Crippen LogP contribution in [0.3, 0.4) is 0 Å². The lowest BCUT2D eigenvalue weighted by atomic mass is 10.1. The first kappa shape index (κ1) is 12.9. The van der Waals surface area contributed by atoms with Gasteiger partial charge >= 0.3 is 0 Å². The van der Waals surface area contributed by atoms with E-state index in [1.807, 2.05) is 19.1 Å². The summed E-state index contributed by atoms with van der Waals surface area (Å²) < 4.78 is 1.54. The van der Waals surface area contributed by atoms with Crippen LogP contribution in [0.5, 0.6) is 0 Å². The van der Waals surface area contributed by atoms with Crippen LogP contribution in [0.1, 0.15) is 18.2 Å². The second kappa shape index (κ2) is 5.42. The second-order valence-corrected chi connectivity index (χ2v) is 4.51. The van der Waals surface area contributed by atoms with Gasteiger partial charge in [0.1, 0.15) is 0 Å². The van der Waals surface area contributed by atoms with Crippen LogP contribution in [0.2, 0.25) is 5.02 Å². The summed E-state index contributed by atoms with van der Waals surface area (Å²) in [6, 6.07) is 7.15. The number of nitrogens with two attached hydrogens (primary N) is 1. The number of H-pyrrole nitrogens is 1. The third kappa shape index (κ3) is 2.35. The zero-order valence-corrected chi connectivity index (χ0v) is 11.0. The average molecular weight is 266 g/mol. The zero-order valence-electron chi connectivity index (χ0n) is 10.2. The van der Waals surface area contributed by atoms with Crippen LogP contribution in [-0.2, 0) is 12.8 Å². The van der Waals surface area contributed by atoms with Gasteiger partial charge in [-0.3, -0.25) is 9.89 Å². The number of hydrogen-bond acceptors (Lipinski definition) is 2. The summed E-state index contributed by atoms with van der Waals surface area (Å²) >= 11 is 5.84. The topological polar surface area (TPSA) is 63.8 Å². The third-order valence-corrected chi connectivity index (χ3v) is 3.16. The van der Waals surface area contributed by atoms with Crippen molar-refractivity contribution in [1.82, 2.24) is 9.78 Å². The molecule has 0 atom stereocenters. The van der Waals surface area contributed by atoms with E-state index in [4.69, 9.17) is 17.3 Å². The molecule has 0 aliphatic carbocycles. The van der Waals surface area contributed by atoms with E-state index in [0.29, 0.717) is 18.0 Å². The number of aryl methyl sites for hydroxylation is 1. The first-order valence-corrected chi connectivity index (χ1v) is 6.34. The molecule has 1 aromatic carbocycles. The Morgan fingerprint density at radius 1 is 1.33 bits per heavy atom. The summed E-state index contributed by atoms with van der Waals surface area (Å²) in [7, 11) is 0. The molecule has 3 N–H and O–H groups in total. The van der Waals surface area contributed by atoms with Crippen molar-refractivity contribution < 1.29 is 0 Å². The van der Waals surface area contributed by atoms with E-state index in [1.165, 1.54) is 0 Å². The van der Waals surface area contributed by atoms with Crippen LogP contribution in [0.15, 0.2) is 29.1 Å². The van der Waals surface area contributed by atoms with E-state index in [9.17, 15) is 4.79 Å². The zero-order chi connectivity index (χ0) is 13.1. The van der Waals surface area contributed by atoms with Gasteiger partial charge < -0.3 is 5.73 Å². The molecule has 2 rings (SSSR count). The summed E-state index contributed by atoms with van der Waals surface area (Å²) in [5.41, 5.74) is 8.01. The van der Waals surface area contributed by atoms with E-state index in [2.05, 4.69) is 5.10 Å². The Balaban J connectivity index is 2.52. The van der Waals surface area contributed by atoms with Crippen molar-refractivity contribution >= 4 is 11.6 Å². The van der Waals surface area contributed by atoms with E-state index in [0.717, 1.165) is 23.4 Å². The van der Waals surface area contributed by atoms with Gasteiger partial charge in [0.25, 0.3) is 5.56 Å². The molecule has 18 heavy (non-hydrogen) atoms. The van der Waals surface area contributed by atoms with Gasteiger partial charge in [0.05, 0.1) is 5.69 Å². The lowest BCUT2D eigenvalue weighted by Crippen LogP contribution is -2.19. The molecule has 0 fully saturated rings. The Hall–Kier alpha value is -1.52. The fourth-order valence-corrected chi connectivity index (χ4v) is 2.11. The standard InChI is InChI=1S/C13H16ClN3O/c1-2-12-11(7-8-15)13(18)17(16-12)10-5-3-9(14)4-6-10/h3-6,16H,2,7-8,15H2,1H3. The summed E-state index contributed by atoms with van der Waals surface area (Å²) in [6.07, 6.45) is 1.38. The van der Waals surface area contributed by atoms with Gasteiger partial charge in [-0.1, -0.05) is 18.5 Å². The fraction of sp³-hybridized carbons (Fsp3) is 0.308. The van der Waals surface area contributed by atoms with E-state index < -0.39 is 0 Å². The second-order valence-electron chi connectivity index (χ2n) is 4.08. The van der Waals surface area contributed by atoms with Gasteiger partial charge in [-0.15, -0.1) is 0 Å². The molecular weight excluding hydrogens is 250 g/mol. The summed E-state index contributed by atoms with van der Waals surface area (Å²) in [6.45, 7) is 2.48. The predicted molar refractivity (Wildman–Crippen MR) is 73.5 cm³/mol. The molecule has 5 heteroatoms. The number of benzene rings is 1. The number of aromatic amines is 1. The minimum Gasteiger partial charge on any atom is -0.330 e. The van der Waals surface area contributed by atoms with Crippen LogP contribution >= 0.6 is 11.6 Å². The van der Waals surface area contributed by atoms with Crippen LogP contribution < -0.4 is 11.3 Å². The van der Waals surface area contributed by atoms with Crippen molar-refractivity contribution in [2.75, 3.05) is 6.54 Å². The highest BCUT2D eigenvalue weighted by molar-refractivity contribution is 6.30. The number of nitrogens with one attached hydrogen (secondary N) is 1. The number of aromatic nitrogens is 2. The minimum atomic E-state index is -0.0281.